The average Bonchev–Trinajstić information content (AvgIpc) is 2.54. The van der Waals surface area contributed by atoms with Crippen LogP contribution in [0.3, 0.4) is 0 Å². The van der Waals surface area contributed by atoms with Crippen LogP contribution in [0.2, 0.25) is 0 Å². The topological polar surface area (TPSA) is 86.3 Å². The van der Waals surface area contributed by atoms with Crippen molar-refractivity contribution in [1.82, 2.24) is 0 Å². The zero-order chi connectivity index (χ0) is 16.1. The predicted octanol–water partition coefficient (Wildman–Crippen LogP) is 0.542. The van der Waals surface area contributed by atoms with Gasteiger partial charge < -0.3 is 19.5 Å². The van der Waals surface area contributed by atoms with Gasteiger partial charge in [-0.2, -0.15) is 0 Å². The first kappa shape index (κ1) is 16.5. The molecule has 1 aliphatic rings. The van der Waals surface area contributed by atoms with Gasteiger partial charge in [-0.1, -0.05) is 0 Å². The molecule has 0 aliphatic carbocycles. The molecule has 122 valence electrons. The second-order valence-corrected chi connectivity index (χ2v) is 5.55. The Labute approximate surface area is 129 Å². The number of nitro benzene ring substituents is 1. The number of hydrogen-bond donors (Lipinski definition) is 2. The number of hydrogen-bond acceptors (Lipinski definition) is 5. The molecule has 22 heavy (non-hydrogen) atoms. The summed E-state index contributed by atoms with van der Waals surface area (Å²) in [6.45, 7) is 1.52. The van der Waals surface area contributed by atoms with E-state index in [1.165, 1.54) is 25.2 Å². The molecule has 1 heterocycles. The minimum absolute atomic E-state index is 0.0346. The number of nitro groups is 1. The van der Waals surface area contributed by atoms with Crippen molar-refractivity contribution >= 4 is 5.69 Å². The molecule has 0 spiro atoms. The van der Waals surface area contributed by atoms with Gasteiger partial charge in [0.2, 0.25) is 0 Å². The fourth-order valence-electron chi connectivity index (χ4n) is 3.07. The number of rotatable bonds is 6. The van der Waals surface area contributed by atoms with Crippen LogP contribution in [0.4, 0.5) is 5.69 Å². The Morgan fingerprint density at radius 2 is 2.00 bits per heavy atom. The summed E-state index contributed by atoms with van der Waals surface area (Å²) in [5.74, 6) is 0.838. The molecular weight excluding hydrogens is 288 g/mol. The molecule has 1 fully saturated rings. The molecule has 7 nitrogen and oxygen atoms in total. The van der Waals surface area contributed by atoms with E-state index in [1.54, 1.807) is 6.07 Å². The standard InChI is InChI=1S/C15H22N2O5/c1-21-14-7-11(13(17(19)20)8-15(14)22-2)9-16-6-4-3-5-12(16)10-18/h7-8,12,18H,3-6,9-10H2,1-2H3/p+1/t12-/m1/s1. The maximum absolute atomic E-state index is 11.3. The third-order valence-corrected chi connectivity index (χ3v) is 4.30. The van der Waals surface area contributed by atoms with Crippen LogP contribution in [-0.2, 0) is 6.54 Å². The molecule has 0 bridgehead atoms. The van der Waals surface area contributed by atoms with E-state index in [0.717, 1.165) is 25.8 Å². The summed E-state index contributed by atoms with van der Waals surface area (Å²) in [4.78, 5) is 12.1. The molecule has 1 aromatic rings. The third kappa shape index (κ3) is 3.48. The molecule has 1 unspecified atom stereocenters. The molecule has 1 saturated heterocycles. The molecule has 0 aromatic heterocycles. The zero-order valence-electron chi connectivity index (χ0n) is 13.0. The predicted molar refractivity (Wildman–Crippen MR) is 80.5 cm³/mol. The van der Waals surface area contributed by atoms with Gasteiger partial charge >= 0.3 is 0 Å². The van der Waals surface area contributed by atoms with Crippen LogP contribution in [0.1, 0.15) is 24.8 Å². The number of benzene rings is 1. The number of methoxy groups -OCH3 is 2. The van der Waals surface area contributed by atoms with Crippen LogP contribution in [0.15, 0.2) is 12.1 Å². The molecule has 1 aliphatic heterocycles. The van der Waals surface area contributed by atoms with Crippen molar-refractivity contribution in [2.75, 3.05) is 27.4 Å². The van der Waals surface area contributed by atoms with Crippen molar-refractivity contribution in [3.63, 3.8) is 0 Å². The van der Waals surface area contributed by atoms with E-state index >= 15 is 0 Å². The number of aliphatic hydroxyl groups is 1. The summed E-state index contributed by atoms with van der Waals surface area (Å²) in [6.07, 6.45) is 3.13. The van der Waals surface area contributed by atoms with E-state index in [0.29, 0.717) is 23.6 Å². The van der Waals surface area contributed by atoms with Gasteiger partial charge in [-0.15, -0.1) is 0 Å². The van der Waals surface area contributed by atoms with Crippen molar-refractivity contribution in [3.05, 3.63) is 27.8 Å². The number of piperidine rings is 1. The van der Waals surface area contributed by atoms with Crippen LogP contribution in [0.25, 0.3) is 0 Å². The number of nitrogens with zero attached hydrogens (tertiary/aromatic N) is 1. The van der Waals surface area contributed by atoms with Crippen LogP contribution in [0, 0.1) is 10.1 Å². The minimum atomic E-state index is -0.394. The van der Waals surface area contributed by atoms with E-state index < -0.39 is 4.92 Å². The van der Waals surface area contributed by atoms with Crippen molar-refractivity contribution in [2.24, 2.45) is 0 Å². The van der Waals surface area contributed by atoms with E-state index in [2.05, 4.69) is 0 Å². The number of ether oxygens (including phenoxy) is 2. The molecule has 2 atom stereocenters. The monoisotopic (exact) mass is 311 g/mol. The normalized spacial score (nSPS) is 21.4. The molecule has 0 amide bonds. The van der Waals surface area contributed by atoms with Gasteiger partial charge in [0.15, 0.2) is 11.5 Å². The second kappa shape index (κ2) is 7.42. The third-order valence-electron chi connectivity index (χ3n) is 4.30. The van der Waals surface area contributed by atoms with Crippen LogP contribution >= 0.6 is 0 Å². The lowest BCUT2D eigenvalue weighted by molar-refractivity contribution is -0.944. The first-order valence-corrected chi connectivity index (χ1v) is 7.45. The number of aliphatic hydroxyl groups excluding tert-OH is 1. The minimum Gasteiger partial charge on any atom is -0.493 e. The van der Waals surface area contributed by atoms with Crippen LogP contribution in [-0.4, -0.2) is 43.4 Å². The summed E-state index contributed by atoms with van der Waals surface area (Å²) >= 11 is 0. The van der Waals surface area contributed by atoms with Crippen LogP contribution in [0.5, 0.6) is 11.5 Å². The first-order valence-electron chi connectivity index (χ1n) is 7.45. The van der Waals surface area contributed by atoms with E-state index in [9.17, 15) is 15.2 Å². The maximum atomic E-state index is 11.3. The Hall–Kier alpha value is -1.86. The SMILES string of the molecule is COc1cc(C[NH+]2CCCC[C@@H]2CO)c([N+](=O)[O-])cc1OC. The van der Waals surface area contributed by atoms with Gasteiger partial charge in [0.25, 0.3) is 5.69 Å². The van der Waals surface area contributed by atoms with E-state index in [-0.39, 0.29) is 18.3 Å². The van der Waals surface area contributed by atoms with Gasteiger partial charge in [-0.05, 0) is 18.9 Å². The summed E-state index contributed by atoms with van der Waals surface area (Å²) in [6, 6.07) is 3.22. The molecule has 2 rings (SSSR count). The highest BCUT2D eigenvalue weighted by atomic mass is 16.6. The van der Waals surface area contributed by atoms with E-state index in [4.69, 9.17) is 9.47 Å². The Balaban J connectivity index is 2.33. The van der Waals surface area contributed by atoms with Gasteiger partial charge in [-0.25, -0.2) is 0 Å². The lowest BCUT2D eigenvalue weighted by Gasteiger charge is -2.31. The quantitative estimate of drug-likeness (QED) is 0.591. The summed E-state index contributed by atoms with van der Waals surface area (Å²) < 4.78 is 10.4. The lowest BCUT2D eigenvalue weighted by atomic mass is 10.0. The van der Waals surface area contributed by atoms with Gasteiger partial charge in [0.1, 0.15) is 12.6 Å². The van der Waals surface area contributed by atoms with Crippen molar-refractivity contribution in [3.8, 4) is 11.5 Å². The number of quaternary nitrogens is 1. The molecule has 2 N–H and O–H groups in total. The van der Waals surface area contributed by atoms with Gasteiger partial charge in [-0.3, -0.25) is 10.1 Å². The van der Waals surface area contributed by atoms with Gasteiger partial charge in [0.05, 0.1) is 43.9 Å². The van der Waals surface area contributed by atoms with E-state index in [1.807, 2.05) is 0 Å². The maximum Gasteiger partial charge on any atom is 0.282 e. The highest BCUT2D eigenvalue weighted by Gasteiger charge is 2.29. The second-order valence-electron chi connectivity index (χ2n) is 5.55. The molecular formula is C15H23N2O5+. The fourth-order valence-corrected chi connectivity index (χ4v) is 3.07. The molecule has 7 heteroatoms. The number of likely N-dealkylation sites (tertiary alicyclic amines) is 1. The Morgan fingerprint density at radius 1 is 1.32 bits per heavy atom. The smallest absolute Gasteiger partial charge is 0.282 e. The largest absolute Gasteiger partial charge is 0.493 e. The molecule has 0 radical (unpaired) electrons. The Kier molecular flexibility index (Phi) is 5.57. The highest BCUT2D eigenvalue weighted by Crippen LogP contribution is 2.34. The lowest BCUT2D eigenvalue weighted by Crippen LogP contribution is -3.15. The van der Waals surface area contributed by atoms with Crippen molar-refractivity contribution < 1.29 is 24.4 Å². The fraction of sp³-hybridized carbons (Fsp3) is 0.600. The highest BCUT2D eigenvalue weighted by molar-refractivity contribution is 5.54. The number of nitrogens with one attached hydrogen (secondary N) is 1. The summed E-state index contributed by atoms with van der Waals surface area (Å²) in [5.41, 5.74) is 0.644. The Morgan fingerprint density at radius 3 is 2.59 bits per heavy atom. The molecule has 0 saturated carbocycles. The van der Waals surface area contributed by atoms with Gasteiger partial charge in [0, 0.05) is 6.42 Å². The van der Waals surface area contributed by atoms with Crippen LogP contribution < -0.4 is 14.4 Å². The van der Waals surface area contributed by atoms with Crippen molar-refractivity contribution in [1.29, 1.82) is 0 Å². The first-order chi connectivity index (χ1) is 10.6. The zero-order valence-corrected chi connectivity index (χ0v) is 13.0. The van der Waals surface area contributed by atoms with Crippen molar-refractivity contribution in [2.45, 2.75) is 31.8 Å². The Bertz CT molecular complexity index is 535. The summed E-state index contributed by atoms with van der Waals surface area (Å²) in [5, 5.41) is 20.8. The molecule has 1 aromatic carbocycles. The summed E-state index contributed by atoms with van der Waals surface area (Å²) in [7, 11) is 2.97. The average molecular weight is 311 g/mol.